The maximum atomic E-state index is 12.5. The summed E-state index contributed by atoms with van der Waals surface area (Å²) >= 11 is 11.1. The summed E-state index contributed by atoms with van der Waals surface area (Å²) in [5.41, 5.74) is 1.27. The fourth-order valence-electron chi connectivity index (χ4n) is 2.78. The predicted octanol–water partition coefficient (Wildman–Crippen LogP) is 1.61. The Balaban J connectivity index is 2.19. The molecule has 1 aliphatic carbocycles. The number of aryl methyl sites for hydroxylation is 1. The van der Waals surface area contributed by atoms with Gasteiger partial charge in [0.2, 0.25) is 0 Å². The Morgan fingerprint density at radius 1 is 1.61 bits per heavy atom. The van der Waals surface area contributed by atoms with E-state index >= 15 is 0 Å². The number of rotatable bonds is 0. The second kappa shape index (κ2) is 3.90. The summed E-state index contributed by atoms with van der Waals surface area (Å²) in [4.78, 5) is 18.1. The lowest BCUT2D eigenvalue weighted by Crippen LogP contribution is -2.46. The molecule has 1 aromatic heterocycles. The van der Waals surface area contributed by atoms with Crippen LogP contribution >= 0.6 is 23.8 Å². The molecule has 1 atom stereocenters. The molecule has 94 valence electrons. The van der Waals surface area contributed by atoms with E-state index in [-0.39, 0.29) is 5.91 Å². The molecular weight excluding hydrogens is 270 g/mol. The molecule has 0 bridgehead atoms. The normalized spacial score (nSPS) is 26.4. The van der Waals surface area contributed by atoms with E-state index in [1.54, 1.807) is 19.3 Å². The Morgan fingerprint density at radius 3 is 3.06 bits per heavy atom. The highest BCUT2D eigenvalue weighted by Crippen LogP contribution is 2.40. The van der Waals surface area contributed by atoms with Crippen LogP contribution in [0.15, 0.2) is 12.3 Å². The molecule has 6 heteroatoms. The highest BCUT2D eigenvalue weighted by Gasteiger charge is 2.51. The third-order valence-electron chi connectivity index (χ3n) is 3.71. The first-order chi connectivity index (χ1) is 8.54. The zero-order valence-electron chi connectivity index (χ0n) is 9.86. The van der Waals surface area contributed by atoms with Crippen LogP contribution in [0.2, 0.25) is 5.15 Å². The third kappa shape index (κ3) is 1.47. The molecule has 0 radical (unpaired) electrons. The Labute approximate surface area is 115 Å². The van der Waals surface area contributed by atoms with E-state index in [1.807, 2.05) is 0 Å². The van der Waals surface area contributed by atoms with Crippen LogP contribution in [0.4, 0.5) is 0 Å². The van der Waals surface area contributed by atoms with Gasteiger partial charge in [-0.1, -0.05) is 11.6 Å². The summed E-state index contributed by atoms with van der Waals surface area (Å²) in [5, 5.41) is 4.05. The molecule has 1 unspecified atom stereocenters. The fourth-order valence-corrected chi connectivity index (χ4v) is 3.20. The van der Waals surface area contributed by atoms with Gasteiger partial charge >= 0.3 is 0 Å². The van der Waals surface area contributed by atoms with E-state index in [1.165, 1.54) is 4.90 Å². The maximum Gasteiger partial charge on any atom is 0.258 e. The Kier molecular flexibility index (Phi) is 2.57. The first-order valence-electron chi connectivity index (χ1n) is 5.80. The van der Waals surface area contributed by atoms with Gasteiger partial charge in [-0.3, -0.25) is 9.69 Å². The highest BCUT2D eigenvalue weighted by molar-refractivity contribution is 7.80. The Morgan fingerprint density at radius 2 is 2.39 bits per heavy atom. The van der Waals surface area contributed by atoms with Crippen LogP contribution in [0, 0.1) is 0 Å². The minimum Gasteiger partial charge on any atom is -0.344 e. The maximum absolute atomic E-state index is 12.5. The van der Waals surface area contributed by atoms with Crippen LogP contribution in [-0.4, -0.2) is 28.0 Å². The highest BCUT2D eigenvalue weighted by atomic mass is 35.5. The number of nitrogens with zero attached hydrogens (tertiary/aromatic N) is 2. The largest absolute Gasteiger partial charge is 0.344 e. The van der Waals surface area contributed by atoms with E-state index in [0.717, 1.165) is 30.4 Å². The lowest BCUT2D eigenvalue weighted by molar-refractivity contribution is -0.131. The predicted molar refractivity (Wildman–Crippen MR) is 72.4 cm³/mol. The first-order valence-corrected chi connectivity index (χ1v) is 6.58. The van der Waals surface area contributed by atoms with E-state index in [9.17, 15) is 4.79 Å². The zero-order chi connectivity index (χ0) is 12.9. The van der Waals surface area contributed by atoms with Gasteiger partial charge in [-0.25, -0.2) is 4.98 Å². The van der Waals surface area contributed by atoms with Crippen LogP contribution in [0.3, 0.4) is 0 Å². The van der Waals surface area contributed by atoms with Crippen molar-refractivity contribution in [3.63, 3.8) is 0 Å². The van der Waals surface area contributed by atoms with Gasteiger partial charge in [-0.05, 0) is 48.7 Å². The van der Waals surface area contributed by atoms with Crippen molar-refractivity contribution in [3.05, 3.63) is 28.5 Å². The fraction of sp³-hybridized carbons (Fsp3) is 0.417. The molecule has 18 heavy (non-hydrogen) atoms. The van der Waals surface area contributed by atoms with Crippen molar-refractivity contribution in [2.24, 2.45) is 0 Å². The molecule has 3 rings (SSSR count). The van der Waals surface area contributed by atoms with Gasteiger partial charge in [-0.2, -0.15) is 0 Å². The third-order valence-corrected chi connectivity index (χ3v) is 4.29. The Bertz CT molecular complexity index is 562. The lowest BCUT2D eigenvalue weighted by atomic mass is 9.77. The number of fused-ring (bicyclic) bond motifs is 2. The number of amides is 1. The van der Waals surface area contributed by atoms with Gasteiger partial charge in [0.25, 0.3) is 5.91 Å². The summed E-state index contributed by atoms with van der Waals surface area (Å²) in [6.45, 7) is 0. The van der Waals surface area contributed by atoms with Crippen LogP contribution in [0.25, 0.3) is 0 Å². The number of hydrogen-bond donors (Lipinski definition) is 1. The molecule has 4 nitrogen and oxygen atoms in total. The second-order valence-electron chi connectivity index (χ2n) is 4.72. The van der Waals surface area contributed by atoms with Crippen LogP contribution < -0.4 is 5.32 Å². The van der Waals surface area contributed by atoms with E-state index in [0.29, 0.717) is 10.3 Å². The van der Waals surface area contributed by atoms with E-state index in [4.69, 9.17) is 23.8 Å². The van der Waals surface area contributed by atoms with Crippen molar-refractivity contribution in [1.29, 1.82) is 0 Å². The average Bonchev–Trinajstić information content (AvgIpc) is 2.56. The topological polar surface area (TPSA) is 45.2 Å². The molecule has 1 fully saturated rings. The van der Waals surface area contributed by atoms with Gasteiger partial charge in [0, 0.05) is 13.2 Å². The van der Waals surface area contributed by atoms with Crippen molar-refractivity contribution in [3.8, 4) is 0 Å². The van der Waals surface area contributed by atoms with Gasteiger partial charge in [0.05, 0.1) is 0 Å². The number of carbonyl (C=O) groups excluding carboxylic acids is 1. The van der Waals surface area contributed by atoms with Crippen molar-refractivity contribution < 1.29 is 4.79 Å². The van der Waals surface area contributed by atoms with E-state index in [2.05, 4.69) is 10.3 Å². The molecule has 1 aliphatic heterocycles. The van der Waals surface area contributed by atoms with E-state index < -0.39 is 5.54 Å². The van der Waals surface area contributed by atoms with Crippen LogP contribution in [0.1, 0.15) is 24.0 Å². The van der Waals surface area contributed by atoms with Gasteiger partial charge in [0.1, 0.15) is 10.7 Å². The molecule has 1 saturated heterocycles. The molecular formula is C12H12ClN3OS. The molecule has 1 amide bonds. The van der Waals surface area contributed by atoms with Crippen LogP contribution in [-0.2, 0) is 16.8 Å². The number of thiocarbonyl (C=S) groups is 1. The summed E-state index contributed by atoms with van der Waals surface area (Å²) < 4.78 is 0. The number of hydrogen-bond acceptors (Lipinski definition) is 3. The molecule has 2 heterocycles. The summed E-state index contributed by atoms with van der Waals surface area (Å²) in [5.74, 6) is -0.00397. The number of halogens is 1. The molecule has 1 aromatic rings. The van der Waals surface area contributed by atoms with Crippen molar-refractivity contribution in [2.45, 2.75) is 24.8 Å². The van der Waals surface area contributed by atoms with Gasteiger partial charge in [-0.15, -0.1) is 0 Å². The minimum atomic E-state index is -0.730. The van der Waals surface area contributed by atoms with Gasteiger partial charge in [0.15, 0.2) is 5.11 Å². The van der Waals surface area contributed by atoms with Crippen molar-refractivity contribution in [1.82, 2.24) is 15.2 Å². The Hall–Kier alpha value is -1.20. The van der Waals surface area contributed by atoms with Crippen molar-refractivity contribution in [2.75, 3.05) is 7.05 Å². The number of carbonyl (C=O) groups is 1. The summed E-state index contributed by atoms with van der Waals surface area (Å²) in [7, 11) is 1.70. The zero-order valence-corrected chi connectivity index (χ0v) is 11.4. The standard InChI is InChI=1S/C12H12ClN3OS/c1-16-10(17)12(15-11(16)18)4-2-3-7-6-14-9(13)5-8(7)12/h5-6H,2-4H2,1H3,(H,15,18). The van der Waals surface area contributed by atoms with Crippen LogP contribution in [0.5, 0.6) is 0 Å². The average molecular weight is 282 g/mol. The first kappa shape index (κ1) is 11.9. The molecule has 0 aromatic carbocycles. The number of pyridine rings is 1. The smallest absolute Gasteiger partial charge is 0.258 e. The number of likely N-dealkylation sites (N-methyl/N-ethyl adjacent to an activating group) is 1. The minimum absolute atomic E-state index is 0.00397. The molecule has 1 N–H and O–H groups in total. The monoisotopic (exact) mass is 281 g/mol. The summed E-state index contributed by atoms with van der Waals surface area (Å²) in [6.07, 6.45) is 4.36. The number of nitrogens with one attached hydrogen (secondary N) is 1. The van der Waals surface area contributed by atoms with Gasteiger partial charge < -0.3 is 5.32 Å². The SMILES string of the molecule is CN1C(=O)C2(CCCc3cnc(Cl)cc32)NC1=S. The summed E-state index contributed by atoms with van der Waals surface area (Å²) in [6, 6.07) is 1.78. The second-order valence-corrected chi connectivity index (χ2v) is 5.49. The van der Waals surface area contributed by atoms with Crippen molar-refractivity contribution >= 4 is 34.8 Å². The lowest BCUT2D eigenvalue weighted by Gasteiger charge is -2.33. The molecule has 0 saturated carbocycles. The quantitative estimate of drug-likeness (QED) is 0.580. The molecule has 2 aliphatic rings. The number of aromatic nitrogens is 1. The molecule has 1 spiro atoms.